The molecule has 0 spiro atoms. The maximum Gasteiger partial charge on any atom is 0.283 e. The third kappa shape index (κ3) is 5.63. The van der Waals surface area contributed by atoms with E-state index in [-0.39, 0.29) is 22.4 Å². The van der Waals surface area contributed by atoms with E-state index >= 15 is 0 Å². The van der Waals surface area contributed by atoms with Gasteiger partial charge in [-0.1, -0.05) is 46.6 Å². The molecule has 3 amide bonds. The minimum Gasteiger partial charge on any atom is -0.497 e. The van der Waals surface area contributed by atoms with Gasteiger partial charge in [-0.3, -0.25) is 14.4 Å². The highest BCUT2D eigenvalue weighted by atomic mass is 79.9. The van der Waals surface area contributed by atoms with E-state index in [0.29, 0.717) is 22.8 Å². The summed E-state index contributed by atoms with van der Waals surface area (Å²) in [5.41, 5.74) is 1.98. The summed E-state index contributed by atoms with van der Waals surface area (Å²) >= 11 is 4.61. The molecular weight excluding hydrogens is 566 g/mol. The molecule has 5 rings (SSSR count). The molecule has 3 aromatic rings. The van der Waals surface area contributed by atoms with Crippen LogP contribution in [0.4, 0.5) is 17.1 Å². The van der Waals surface area contributed by atoms with Crippen molar-refractivity contribution < 1.29 is 19.1 Å². The molecule has 3 aromatic carbocycles. The smallest absolute Gasteiger partial charge is 0.283 e. The van der Waals surface area contributed by atoms with Crippen molar-refractivity contribution in [3.63, 3.8) is 0 Å². The summed E-state index contributed by atoms with van der Waals surface area (Å²) < 4.78 is 6.12. The number of rotatable bonds is 8. The SMILES string of the molecule is COc1ccc(N2C(=O)C(Nc3ccc(Br)cc3)=C(Sc3cccc(NC(=O)C4CCCC4)c3)C2=O)cc1. The minimum atomic E-state index is -0.448. The van der Waals surface area contributed by atoms with Gasteiger partial charge < -0.3 is 15.4 Å². The Morgan fingerprint density at radius 1 is 0.947 bits per heavy atom. The number of thioether (sulfide) groups is 1. The number of carbonyl (C=O) groups is 3. The first-order valence-corrected chi connectivity index (χ1v) is 13.9. The second-order valence-electron chi connectivity index (χ2n) is 9.08. The number of hydrogen-bond acceptors (Lipinski definition) is 6. The van der Waals surface area contributed by atoms with Gasteiger partial charge in [-0.15, -0.1) is 0 Å². The lowest BCUT2D eigenvalue weighted by Gasteiger charge is -2.15. The normalized spacial score (nSPS) is 15.8. The number of hydrogen-bond donors (Lipinski definition) is 2. The Hall–Kier alpha value is -3.56. The van der Waals surface area contributed by atoms with Crippen molar-refractivity contribution in [1.29, 1.82) is 0 Å². The lowest BCUT2D eigenvalue weighted by Crippen LogP contribution is -2.32. The molecule has 2 aliphatic rings. The van der Waals surface area contributed by atoms with E-state index in [1.54, 1.807) is 31.4 Å². The standard InChI is InChI=1S/C29H26BrN3O4S/c1-37-23-15-13-22(14-16-23)33-28(35)25(31-20-11-9-19(30)10-12-20)26(29(33)36)38-24-8-4-7-21(17-24)32-27(34)18-5-2-3-6-18/h4,7-18,31H,2-3,5-6H2,1H3,(H,32,34). The van der Waals surface area contributed by atoms with E-state index < -0.39 is 11.8 Å². The third-order valence-electron chi connectivity index (χ3n) is 6.53. The van der Waals surface area contributed by atoms with Gasteiger partial charge in [0.15, 0.2) is 0 Å². The second-order valence-corrected chi connectivity index (χ2v) is 11.1. The van der Waals surface area contributed by atoms with Gasteiger partial charge in [0.05, 0.1) is 12.8 Å². The first kappa shape index (κ1) is 26.1. The molecule has 0 saturated heterocycles. The summed E-state index contributed by atoms with van der Waals surface area (Å²) in [6.45, 7) is 0. The monoisotopic (exact) mass is 591 g/mol. The van der Waals surface area contributed by atoms with Crippen LogP contribution in [0.25, 0.3) is 0 Å². The van der Waals surface area contributed by atoms with Crippen molar-refractivity contribution in [2.75, 3.05) is 22.6 Å². The predicted molar refractivity (Wildman–Crippen MR) is 153 cm³/mol. The van der Waals surface area contributed by atoms with Gasteiger partial charge in [0.1, 0.15) is 16.4 Å². The van der Waals surface area contributed by atoms with Gasteiger partial charge in [-0.05, 0) is 79.6 Å². The van der Waals surface area contributed by atoms with E-state index in [9.17, 15) is 14.4 Å². The average Bonchev–Trinajstić information content (AvgIpc) is 3.54. The number of benzene rings is 3. The molecule has 1 aliphatic carbocycles. The van der Waals surface area contributed by atoms with E-state index in [4.69, 9.17) is 4.74 Å². The summed E-state index contributed by atoms with van der Waals surface area (Å²) in [6, 6.07) is 21.5. The van der Waals surface area contributed by atoms with E-state index in [2.05, 4.69) is 26.6 Å². The van der Waals surface area contributed by atoms with Crippen LogP contribution in [0.15, 0.2) is 92.8 Å². The van der Waals surface area contributed by atoms with Crippen LogP contribution in [0.2, 0.25) is 0 Å². The molecule has 194 valence electrons. The van der Waals surface area contributed by atoms with E-state index in [1.807, 2.05) is 48.5 Å². The lowest BCUT2D eigenvalue weighted by molar-refractivity contribution is -0.121. The molecule has 1 aliphatic heterocycles. The summed E-state index contributed by atoms with van der Waals surface area (Å²) in [5, 5.41) is 6.16. The maximum absolute atomic E-state index is 13.6. The fraction of sp³-hybridized carbons (Fsp3) is 0.207. The van der Waals surface area contributed by atoms with Crippen molar-refractivity contribution in [1.82, 2.24) is 0 Å². The summed E-state index contributed by atoms with van der Waals surface area (Å²) in [7, 11) is 1.56. The molecule has 38 heavy (non-hydrogen) atoms. The van der Waals surface area contributed by atoms with Crippen molar-refractivity contribution in [3.05, 3.63) is 87.9 Å². The third-order valence-corrected chi connectivity index (χ3v) is 8.13. The van der Waals surface area contributed by atoms with Gasteiger partial charge in [-0.2, -0.15) is 0 Å². The number of methoxy groups -OCH3 is 1. The van der Waals surface area contributed by atoms with Crippen LogP contribution in [0.1, 0.15) is 25.7 Å². The molecule has 0 radical (unpaired) electrons. The summed E-state index contributed by atoms with van der Waals surface area (Å²) in [4.78, 5) is 42.0. The van der Waals surface area contributed by atoms with E-state index in [0.717, 1.165) is 40.0 Å². The summed E-state index contributed by atoms with van der Waals surface area (Å²) in [5.74, 6) is -0.177. The zero-order chi connectivity index (χ0) is 26.6. The number of imide groups is 1. The molecule has 0 bridgehead atoms. The first-order chi connectivity index (χ1) is 18.4. The van der Waals surface area contributed by atoms with Crippen LogP contribution >= 0.6 is 27.7 Å². The number of nitrogens with one attached hydrogen (secondary N) is 2. The second kappa shape index (κ2) is 11.4. The van der Waals surface area contributed by atoms with Gasteiger partial charge in [-0.25, -0.2) is 4.90 Å². The van der Waals surface area contributed by atoms with E-state index in [1.165, 1.54) is 11.8 Å². The average molecular weight is 593 g/mol. The van der Waals surface area contributed by atoms with Crippen LogP contribution in [-0.2, 0) is 14.4 Å². The van der Waals surface area contributed by atoms with Crippen LogP contribution in [0, 0.1) is 5.92 Å². The Kier molecular flexibility index (Phi) is 7.85. The Morgan fingerprint density at radius 2 is 1.66 bits per heavy atom. The molecule has 0 unspecified atom stereocenters. The van der Waals surface area contributed by atoms with Gasteiger partial charge >= 0.3 is 0 Å². The van der Waals surface area contributed by atoms with Crippen LogP contribution in [-0.4, -0.2) is 24.8 Å². The highest BCUT2D eigenvalue weighted by Crippen LogP contribution is 2.39. The molecule has 7 nitrogen and oxygen atoms in total. The largest absolute Gasteiger partial charge is 0.497 e. The Morgan fingerprint density at radius 3 is 2.34 bits per heavy atom. The highest BCUT2D eigenvalue weighted by Gasteiger charge is 2.40. The quantitative estimate of drug-likeness (QED) is 0.288. The highest BCUT2D eigenvalue weighted by molar-refractivity contribution is 9.10. The molecule has 0 atom stereocenters. The Labute approximate surface area is 233 Å². The van der Waals surface area contributed by atoms with Crippen LogP contribution in [0.3, 0.4) is 0 Å². The predicted octanol–water partition coefficient (Wildman–Crippen LogP) is 6.58. The number of nitrogens with zero attached hydrogens (tertiary/aromatic N) is 1. The molecule has 0 aromatic heterocycles. The molecular formula is C29H26BrN3O4S. The molecule has 1 fully saturated rings. The number of ether oxygens (including phenoxy) is 1. The van der Waals surface area contributed by atoms with Crippen LogP contribution < -0.4 is 20.3 Å². The minimum absolute atomic E-state index is 0.0271. The van der Waals surface area contributed by atoms with Crippen molar-refractivity contribution in [3.8, 4) is 5.75 Å². The zero-order valence-electron chi connectivity index (χ0n) is 20.7. The summed E-state index contributed by atoms with van der Waals surface area (Å²) in [6.07, 6.45) is 3.99. The molecule has 1 saturated carbocycles. The molecule has 2 N–H and O–H groups in total. The Bertz CT molecular complexity index is 1400. The lowest BCUT2D eigenvalue weighted by atomic mass is 10.1. The van der Waals surface area contributed by atoms with Gasteiger partial charge in [0, 0.05) is 26.7 Å². The number of anilines is 3. The molecule has 1 heterocycles. The maximum atomic E-state index is 13.6. The Balaban J connectivity index is 1.44. The fourth-order valence-electron chi connectivity index (χ4n) is 4.55. The van der Waals surface area contributed by atoms with Gasteiger partial charge in [0.2, 0.25) is 5.91 Å². The number of amides is 3. The van der Waals surface area contributed by atoms with Crippen molar-refractivity contribution in [2.24, 2.45) is 5.92 Å². The van der Waals surface area contributed by atoms with Gasteiger partial charge in [0.25, 0.3) is 11.8 Å². The zero-order valence-corrected chi connectivity index (χ0v) is 23.1. The first-order valence-electron chi connectivity index (χ1n) is 12.3. The number of halogens is 1. The topological polar surface area (TPSA) is 87.7 Å². The number of carbonyl (C=O) groups excluding carboxylic acids is 3. The van der Waals surface area contributed by atoms with Crippen LogP contribution in [0.5, 0.6) is 5.75 Å². The van der Waals surface area contributed by atoms with Crippen molar-refractivity contribution >= 4 is 62.5 Å². The fourth-order valence-corrected chi connectivity index (χ4v) is 5.80. The van der Waals surface area contributed by atoms with Crippen molar-refractivity contribution in [2.45, 2.75) is 30.6 Å². The molecule has 9 heteroatoms.